The molecule has 0 saturated carbocycles. The maximum atomic E-state index is 12.3. The van der Waals surface area contributed by atoms with Crippen LogP contribution in [0.15, 0.2) is 71.2 Å². The van der Waals surface area contributed by atoms with Crippen LogP contribution in [0.5, 0.6) is 0 Å². The van der Waals surface area contributed by atoms with E-state index in [2.05, 4.69) is 17.3 Å². The number of carbonyl (C=O) groups excluding carboxylic acids is 1. The van der Waals surface area contributed by atoms with Gasteiger partial charge in [-0.2, -0.15) is 0 Å². The van der Waals surface area contributed by atoms with Gasteiger partial charge in [-0.3, -0.25) is 4.79 Å². The molecule has 4 rings (SSSR count). The summed E-state index contributed by atoms with van der Waals surface area (Å²) in [6.07, 6.45) is 0. The molecule has 0 radical (unpaired) electrons. The topological polar surface area (TPSA) is 41.9 Å². The lowest BCUT2D eigenvalue weighted by atomic mass is 10.1. The van der Waals surface area contributed by atoms with Gasteiger partial charge in [0.05, 0.1) is 6.54 Å². The van der Waals surface area contributed by atoms with Gasteiger partial charge in [0, 0.05) is 23.1 Å². The quantitative estimate of drug-likeness (QED) is 0.500. The number of fused-ring (bicyclic) bond motifs is 3. The Morgan fingerprint density at radius 2 is 1.58 bits per heavy atom. The smallest absolute Gasteiger partial charge is 0.263 e. The highest BCUT2D eigenvalue weighted by atomic mass is 32.1. The van der Waals surface area contributed by atoms with Gasteiger partial charge in [0.25, 0.3) is 5.91 Å². The van der Waals surface area contributed by atoms with Gasteiger partial charge in [-0.15, -0.1) is 11.3 Å². The van der Waals surface area contributed by atoms with Crippen molar-refractivity contribution in [3.63, 3.8) is 0 Å². The van der Waals surface area contributed by atoms with Crippen molar-refractivity contribution in [1.82, 2.24) is 4.90 Å². The normalized spacial score (nSPS) is 11.7. The number of oxime groups is 1. The average Bonchev–Trinajstić information content (AvgIpc) is 3.28. The van der Waals surface area contributed by atoms with Crippen molar-refractivity contribution < 1.29 is 9.63 Å². The van der Waals surface area contributed by atoms with E-state index < -0.39 is 0 Å². The van der Waals surface area contributed by atoms with Crippen molar-refractivity contribution in [3.05, 3.63) is 82.0 Å². The Kier molecular flexibility index (Phi) is 4.54. The van der Waals surface area contributed by atoms with E-state index in [0.717, 1.165) is 32.8 Å². The summed E-state index contributed by atoms with van der Waals surface area (Å²) in [5.41, 5.74) is 5.14. The zero-order chi connectivity index (χ0) is 17.9. The number of likely N-dealkylation sites (N-methyl/N-ethyl adjacent to an activating group) is 1. The molecule has 0 spiro atoms. The molecule has 0 N–H and O–H groups in total. The Morgan fingerprint density at radius 3 is 2.15 bits per heavy atom. The molecule has 1 amide bonds. The molecule has 0 saturated heterocycles. The number of hydrogen-bond donors (Lipinski definition) is 0. The van der Waals surface area contributed by atoms with Crippen molar-refractivity contribution in [1.29, 1.82) is 0 Å². The first-order chi connectivity index (χ1) is 12.7. The molecular weight excluding hydrogens is 344 g/mol. The fourth-order valence-electron chi connectivity index (χ4n) is 3.08. The van der Waals surface area contributed by atoms with E-state index >= 15 is 0 Å². The van der Waals surface area contributed by atoms with Gasteiger partial charge >= 0.3 is 0 Å². The lowest BCUT2D eigenvalue weighted by molar-refractivity contribution is -0.135. The molecule has 0 bridgehead atoms. The third-order valence-corrected chi connectivity index (χ3v) is 5.26. The fourth-order valence-corrected chi connectivity index (χ4v) is 3.84. The molecule has 130 valence electrons. The van der Waals surface area contributed by atoms with Gasteiger partial charge in [0.2, 0.25) is 0 Å². The van der Waals surface area contributed by atoms with Crippen molar-refractivity contribution in [2.75, 3.05) is 13.7 Å². The third-order valence-electron chi connectivity index (χ3n) is 4.40. The molecule has 0 fully saturated rings. The SMILES string of the molecule is CN(Cc1cccs1)C(=O)CON=C1c2ccccc2-c2ccccc21. The summed E-state index contributed by atoms with van der Waals surface area (Å²) in [4.78, 5) is 20.5. The van der Waals surface area contributed by atoms with E-state index in [4.69, 9.17) is 4.84 Å². The molecule has 1 aromatic heterocycles. The molecule has 0 atom stereocenters. The molecule has 4 nitrogen and oxygen atoms in total. The Hall–Kier alpha value is -2.92. The Labute approximate surface area is 156 Å². The second-order valence-electron chi connectivity index (χ2n) is 6.13. The summed E-state index contributed by atoms with van der Waals surface area (Å²) in [6, 6.07) is 20.2. The highest BCUT2D eigenvalue weighted by molar-refractivity contribution is 7.09. The molecule has 5 heteroatoms. The van der Waals surface area contributed by atoms with Gasteiger partial charge in [0.1, 0.15) is 5.71 Å². The monoisotopic (exact) mass is 362 g/mol. The lowest BCUT2D eigenvalue weighted by Gasteiger charge is -2.15. The third kappa shape index (κ3) is 3.13. The summed E-state index contributed by atoms with van der Waals surface area (Å²) >= 11 is 1.64. The van der Waals surface area contributed by atoms with Crippen LogP contribution >= 0.6 is 11.3 Å². The molecule has 0 unspecified atom stereocenters. The first kappa shape index (κ1) is 16.5. The number of carbonyl (C=O) groups is 1. The number of amides is 1. The van der Waals surface area contributed by atoms with Crippen LogP contribution in [0.4, 0.5) is 0 Å². The van der Waals surface area contributed by atoms with Crippen LogP contribution in [0, 0.1) is 0 Å². The van der Waals surface area contributed by atoms with E-state index in [0.29, 0.717) is 6.54 Å². The maximum Gasteiger partial charge on any atom is 0.263 e. The van der Waals surface area contributed by atoms with Crippen molar-refractivity contribution in [2.24, 2.45) is 5.16 Å². The standard InChI is InChI=1S/C21H18N2O2S/c1-23(13-15-7-6-12-26-15)20(24)14-25-22-21-18-10-4-2-8-16(18)17-9-3-5-11-19(17)21/h2-12H,13-14H2,1H3. The Morgan fingerprint density at radius 1 is 0.962 bits per heavy atom. The molecule has 1 aliphatic rings. The zero-order valence-electron chi connectivity index (χ0n) is 14.4. The van der Waals surface area contributed by atoms with Gasteiger partial charge in [-0.1, -0.05) is 59.8 Å². The summed E-state index contributed by atoms with van der Waals surface area (Å²) < 4.78 is 0. The molecule has 1 heterocycles. The van der Waals surface area contributed by atoms with Crippen LogP contribution in [0.1, 0.15) is 16.0 Å². The predicted molar refractivity (Wildman–Crippen MR) is 104 cm³/mol. The van der Waals surface area contributed by atoms with E-state index in [1.165, 1.54) is 0 Å². The molecular formula is C21H18N2O2S. The van der Waals surface area contributed by atoms with Crippen LogP contribution in [-0.4, -0.2) is 30.2 Å². The van der Waals surface area contributed by atoms with Crippen LogP contribution in [0.2, 0.25) is 0 Å². The predicted octanol–water partition coefficient (Wildman–Crippen LogP) is 4.16. The Bertz CT molecular complexity index is 916. The van der Waals surface area contributed by atoms with E-state index in [-0.39, 0.29) is 12.5 Å². The fraction of sp³-hybridized carbons (Fsp3) is 0.143. The zero-order valence-corrected chi connectivity index (χ0v) is 15.2. The minimum Gasteiger partial charge on any atom is -0.385 e. The molecule has 2 aromatic carbocycles. The largest absolute Gasteiger partial charge is 0.385 e. The summed E-state index contributed by atoms with van der Waals surface area (Å²) in [5.74, 6) is -0.0951. The molecule has 26 heavy (non-hydrogen) atoms. The van der Waals surface area contributed by atoms with Crippen molar-refractivity contribution >= 4 is 23.0 Å². The van der Waals surface area contributed by atoms with Crippen molar-refractivity contribution in [2.45, 2.75) is 6.54 Å². The van der Waals surface area contributed by atoms with Gasteiger partial charge in [-0.25, -0.2) is 0 Å². The van der Waals surface area contributed by atoms with Gasteiger partial charge in [-0.05, 0) is 22.6 Å². The number of benzene rings is 2. The summed E-state index contributed by atoms with van der Waals surface area (Å²) in [6.45, 7) is 0.512. The first-order valence-corrected chi connectivity index (χ1v) is 9.27. The van der Waals surface area contributed by atoms with E-state index in [1.54, 1.807) is 23.3 Å². The van der Waals surface area contributed by atoms with Crippen LogP contribution in [0.3, 0.4) is 0 Å². The highest BCUT2D eigenvalue weighted by Gasteiger charge is 2.24. The molecule has 3 aromatic rings. The van der Waals surface area contributed by atoms with Gasteiger partial charge in [0.15, 0.2) is 6.61 Å². The summed E-state index contributed by atoms with van der Waals surface area (Å²) in [7, 11) is 1.78. The van der Waals surface area contributed by atoms with Crippen LogP contribution in [0.25, 0.3) is 11.1 Å². The minimum absolute atomic E-state index is 0.0737. The second-order valence-corrected chi connectivity index (χ2v) is 7.17. The number of thiophene rings is 1. The molecule has 1 aliphatic carbocycles. The van der Waals surface area contributed by atoms with E-state index in [1.807, 2.05) is 53.9 Å². The highest BCUT2D eigenvalue weighted by Crippen LogP contribution is 2.36. The van der Waals surface area contributed by atoms with Gasteiger partial charge < -0.3 is 9.74 Å². The number of rotatable bonds is 5. The van der Waals surface area contributed by atoms with Crippen LogP contribution < -0.4 is 0 Å². The lowest BCUT2D eigenvalue weighted by Crippen LogP contribution is -2.29. The van der Waals surface area contributed by atoms with Crippen molar-refractivity contribution in [3.8, 4) is 11.1 Å². The van der Waals surface area contributed by atoms with Crippen LogP contribution in [-0.2, 0) is 16.2 Å². The minimum atomic E-state index is -0.0951. The average molecular weight is 362 g/mol. The number of nitrogens with zero attached hydrogens (tertiary/aromatic N) is 2. The first-order valence-electron chi connectivity index (χ1n) is 8.39. The summed E-state index contributed by atoms with van der Waals surface area (Å²) in [5, 5.41) is 6.30. The Balaban J connectivity index is 1.48. The van der Waals surface area contributed by atoms with E-state index in [9.17, 15) is 4.79 Å². The number of hydrogen-bond acceptors (Lipinski definition) is 4. The second kappa shape index (κ2) is 7.14. The maximum absolute atomic E-state index is 12.3. The molecule has 0 aliphatic heterocycles.